The predicted octanol–water partition coefficient (Wildman–Crippen LogP) is 3.56. The minimum atomic E-state index is 0.172. The summed E-state index contributed by atoms with van der Waals surface area (Å²) < 4.78 is 5.76. The van der Waals surface area contributed by atoms with Gasteiger partial charge < -0.3 is 14.5 Å². The van der Waals surface area contributed by atoms with Crippen molar-refractivity contribution in [2.45, 2.75) is 31.9 Å². The van der Waals surface area contributed by atoms with Gasteiger partial charge in [0, 0.05) is 39.5 Å². The summed E-state index contributed by atoms with van der Waals surface area (Å²) in [4.78, 5) is 16.9. The molecule has 1 aromatic carbocycles. The lowest BCUT2D eigenvalue weighted by Crippen LogP contribution is -2.37. The summed E-state index contributed by atoms with van der Waals surface area (Å²) in [6.07, 6.45) is 2.77. The zero-order valence-electron chi connectivity index (χ0n) is 15.0. The van der Waals surface area contributed by atoms with Crippen LogP contribution in [-0.4, -0.2) is 44.2 Å². The Labute approximate surface area is 154 Å². The minimum absolute atomic E-state index is 0.172. The lowest BCUT2D eigenvalue weighted by Gasteiger charge is -2.26. The van der Waals surface area contributed by atoms with Gasteiger partial charge in [0.05, 0.1) is 12.5 Å². The third-order valence-electron chi connectivity index (χ3n) is 4.56. The van der Waals surface area contributed by atoms with E-state index in [1.54, 1.807) is 11.3 Å². The van der Waals surface area contributed by atoms with Crippen LogP contribution in [0, 0.1) is 0 Å². The second kappa shape index (κ2) is 8.50. The summed E-state index contributed by atoms with van der Waals surface area (Å²) in [7, 11) is 4.06. The highest BCUT2D eigenvalue weighted by Crippen LogP contribution is 2.18. The second-order valence-corrected chi connectivity index (χ2v) is 7.56. The molecule has 2 aromatic rings. The summed E-state index contributed by atoms with van der Waals surface area (Å²) in [6, 6.07) is 10.4. The summed E-state index contributed by atoms with van der Waals surface area (Å²) in [6.45, 7) is 2.13. The molecule has 25 heavy (non-hydrogen) atoms. The average molecular weight is 359 g/mol. The lowest BCUT2D eigenvalue weighted by atomic mass is 10.1. The van der Waals surface area contributed by atoms with Crippen LogP contribution in [-0.2, 0) is 22.5 Å². The van der Waals surface area contributed by atoms with Gasteiger partial charge in [-0.15, -0.1) is 0 Å². The fourth-order valence-electron chi connectivity index (χ4n) is 3.09. The van der Waals surface area contributed by atoms with Crippen molar-refractivity contribution in [1.82, 2.24) is 4.90 Å². The summed E-state index contributed by atoms with van der Waals surface area (Å²) in [5, 5.41) is 4.07. The van der Waals surface area contributed by atoms with E-state index in [-0.39, 0.29) is 12.0 Å². The second-order valence-electron chi connectivity index (χ2n) is 6.78. The maximum atomic E-state index is 12.8. The Morgan fingerprint density at radius 2 is 2.00 bits per heavy atom. The van der Waals surface area contributed by atoms with Crippen LogP contribution < -0.4 is 4.90 Å². The number of benzene rings is 1. The molecule has 1 unspecified atom stereocenters. The van der Waals surface area contributed by atoms with Crippen molar-refractivity contribution in [3.63, 3.8) is 0 Å². The molecule has 0 saturated carbocycles. The molecule has 0 aliphatic carbocycles. The number of amides is 1. The largest absolute Gasteiger partial charge is 0.378 e. The van der Waals surface area contributed by atoms with Crippen molar-refractivity contribution in [3.8, 4) is 0 Å². The quantitative estimate of drug-likeness (QED) is 0.759. The number of carbonyl (C=O) groups is 1. The first kappa shape index (κ1) is 18.0. The van der Waals surface area contributed by atoms with E-state index in [1.807, 2.05) is 35.8 Å². The van der Waals surface area contributed by atoms with Gasteiger partial charge >= 0.3 is 0 Å². The van der Waals surface area contributed by atoms with Gasteiger partial charge in [0.1, 0.15) is 0 Å². The van der Waals surface area contributed by atoms with E-state index < -0.39 is 0 Å². The Morgan fingerprint density at radius 1 is 1.20 bits per heavy atom. The van der Waals surface area contributed by atoms with E-state index in [2.05, 4.69) is 29.2 Å². The molecule has 1 aliphatic heterocycles. The van der Waals surface area contributed by atoms with Crippen LogP contribution in [0.3, 0.4) is 0 Å². The molecule has 1 atom stereocenters. The average Bonchev–Trinajstić information content (AvgIpc) is 3.28. The van der Waals surface area contributed by atoms with Crippen molar-refractivity contribution in [3.05, 3.63) is 52.2 Å². The van der Waals surface area contributed by atoms with Crippen molar-refractivity contribution in [1.29, 1.82) is 0 Å². The topological polar surface area (TPSA) is 32.8 Å². The smallest absolute Gasteiger partial charge is 0.227 e. The molecule has 1 fully saturated rings. The molecule has 1 amide bonds. The Kier molecular flexibility index (Phi) is 6.10. The van der Waals surface area contributed by atoms with Crippen LogP contribution in [0.4, 0.5) is 5.69 Å². The highest BCUT2D eigenvalue weighted by atomic mass is 32.1. The maximum Gasteiger partial charge on any atom is 0.227 e. The molecular formula is C20H26N2O2S. The van der Waals surface area contributed by atoms with Crippen LogP contribution >= 0.6 is 11.3 Å². The van der Waals surface area contributed by atoms with Gasteiger partial charge in [-0.1, -0.05) is 12.1 Å². The highest BCUT2D eigenvalue weighted by Gasteiger charge is 2.23. The molecule has 0 spiro atoms. The molecule has 3 rings (SSSR count). The molecule has 4 nitrogen and oxygen atoms in total. The Bertz CT molecular complexity index is 662. The molecule has 0 bridgehead atoms. The van der Waals surface area contributed by atoms with E-state index in [0.29, 0.717) is 19.5 Å². The van der Waals surface area contributed by atoms with Crippen LogP contribution in [0.1, 0.15) is 24.0 Å². The standard InChI is InChI=1S/C20H26N2O2S/c1-21(2)18-7-5-16(6-8-18)13-22(14-19-4-3-10-24-19)20(23)12-17-9-11-25-15-17/h5-9,11,15,19H,3-4,10,12-14H2,1-2H3. The van der Waals surface area contributed by atoms with Crippen molar-refractivity contribution in [2.75, 3.05) is 32.1 Å². The Hall–Kier alpha value is -1.85. The first-order chi connectivity index (χ1) is 12.1. The number of nitrogens with zero attached hydrogens (tertiary/aromatic N) is 2. The van der Waals surface area contributed by atoms with Gasteiger partial charge in [0.25, 0.3) is 0 Å². The van der Waals surface area contributed by atoms with E-state index in [4.69, 9.17) is 4.74 Å². The van der Waals surface area contributed by atoms with E-state index in [1.165, 1.54) is 5.69 Å². The Morgan fingerprint density at radius 3 is 2.60 bits per heavy atom. The maximum absolute atomic E-state index is 12.8. The summed E-state index contributed by atoms with van der Waals surface area (Å²) in [5.41, 5.74) is 3.41. The fraction of sp³-hybridized carbons (Fsp3) is 0.450. The van der Waals surface area contributed by atoms with Crippen LogP contribution in [0.2, 0.25) is 0 Å². The normalized spacial score (nSPS) is 16.8. The van der Waals surface area contributed by atoms with Crippen molar-refractivity contribution >= 4 is 22.9 Å². The predicted molar refractivity (Wildman–Crippen MR) is 103 cm³/mol. The number of carbonyl (C=O) groups excluding carboxylic acids is 1. The molecule has 134 valence electrons. The van der Waals surface area contributed by atoms with E-state index in [9.17, 15) is 4.79 Å². The number of rotatable bonds is 7. The number of ether oxygens (including phenoxy) is 1. The molecule has 1 aliphatic rings. The van der Waals surface area contributed by atoms with Crippen LogP contribution in [0.15, 0.2) is 41.1 Å². The van der Waals surface area contributed by atoms with E-state index >= 15 is 0 Å². The van der Waals surface area contributed by atoms with Gasteiger partial charge in [0.2, 0.25) is 5.91 Å². The molecular weight excluding hydrogens is 332 g/mol. The number of hydrogen-bond acceptors (Lipinski definition) is 4. The number of anilines is 1. The molecule has 2 heterocycles. The van der Waals surface area contributed by atoms with Crippen molar-refractivity contribution < 1.29 is 9.53 Å². The summed E-state index contributed by atoms with van der Waals surface area (Å²) in [5.74, 6) is 0.172. The van der Waals surface area contributed by atoms with Gasteiger partial charge in [-0.25, -0.2) is 0 Å². The number of thiophene rings is 1. The van der Waals surface area contributed by atoms with Gasteiger partial charge in [-0.3, -0.25) is 4.79 Å². The zero-order chi connectivity index (χ0) is 17.6. The zero-order valence-corrected chi connectivity index (χ0v) is 15.8. The first-order valence-electron chi connectivity index (χ1n) is 8.78. The van der Waals surface area contributed by atoms with Gasteiger partial charge in [-0.05, 0) is 52.9 Å². The highest BCUT2D eigenvalue weighted by molar-refractivity contribution is 7.08. The number of hydrogen-bond donors (Lipinski definition) is 0. The van der Waals surface area contributed by atoms with Gasteiger partial charge in [0.15, 0.2) is 0 Å². The minimum Gasteiger partial charge on any atom is -0.378 e. The Balaban J connectivity index is 1.69. The summed E-state index contributed by atoms with van der Waals surface area (Å²) >= 11 is 1.63. The molecule has 1 aromatic heterocycles. The third-order valence-corrected chi connectivity index (χ3v) is 5.29. The molecule has 0 radical (unpaired) electrons. The van der Waals surface area contributed by atoms with E-state index in [0.717, 1.165) is 30.6 Å². The molecule has 0 N–H and O–H groups in total. The third kappa shape index (κ3) is 5.06. The lowest BCUT2D eigenvalue weighted by molar-refractivity contribution is -0.132. The fourth-order valence-corrected chi connectivity index (χ4v) is 3.76. The monoisotopic (exact) mass is 358 g/mol. The van der Waals surface area contributed by atoms with Crippen LogP contribution in [0.5, 0.6) is 0 Å². The van der Waals surface area contributed by atoms with Crippen molar-refractivity contribution in [2.24, 2.45) is 0 Å². The SMILES string of the molecule is CN(C)c1ccc(CN(CC2CCCO2)C(=O)Cc2ccsc2)cc1. The van der Waals surface area contributed by atoms with Crippen LogP contribution in [0.25, 0.3) is 0 Å². The molecule has 1 saturated heterocycles. The first-order valence-corrected chi connectivity index (χ1v) is 9.73. The molecule has 5 heteroatoms. The van der Waals surface area contributed by atoms with Gasteiger partial charge in [-0.2, -0.15) is 11.3 Å².